The van der Waals surface area contributed by atoms with Crippen LogP contribution in [0.2, 0.25) is 0 Å². The highest BCUT2D eigenvalue weighted by atomic mass is 16.5. The van der Waals surface area contributed by atoms with Crippen LogP contribution in [-0.2, 0) is 13.6 Å². The highest BCUT2D eigenvalue weighted by molar-refractivity contribution is 5.96. The lowest BCUT2D eigenvalue weighted by atomic mass is 10.2. The first-order valence-corrected chi connectivity index (χ1v) is 11.4. The molecule has 2 aromatic heterocycles. The SMILES string of the molecule is CC(/C=C/c1ccccc1)=N/Nc1nc2c(c(=O)[nH]c(=O)n2C)n1CC(O)COc1ccccc1C. The van der Waals surface area contributed by atoms with Crippen molar-refractivity contribution in [1.29, 1.82) is 0 Å². The summed E-state index contributed by atoms with van der Waals surface area (Å²) in [6.45, 7) is 3.71. The van der Waals surface area contributed by atoms with Gasteiger partial charge in [-0.1, -0.05) is 54.6 Å². The average Bonchev–Trinajstić information content (AvgIpc) is 3.23. The van der Waals surface area contributed by atoms with Crippen molar-refractivity contribution < 1.29 is 9.84 Å². The molecular formula is C26H28N6O4. The second-order valence-electron chi connectivity index (χ2n) is 8.38. The number of allylic oxidation sites excluding steroid dienone is 1. The van der Waals surface area contributed by atoms with E-state index in [4.69, 9.17) is 4.74 Å². The highest BCUT2D eigenvalue weighted by Crippen LogP contribution is 2.19. The molecule has 10 heteroatoms. The zero-order chi connectivity index (χ0) is 25.7. The molecule has 186 valence electrons. The first-order valence-electron chi connectivity index (χ1n) is 11.4. The molecule has 0 spiro atoms. The van der Waals surface area contributed by atoms with Gasteiger partial charge in [-0.2, -0.15) is 10.1 Å². The van der Waals surface area contributed by atoms with Crippen LogP contribution in [0.15, 0.2) is 75.4 Å². The van der Waals surface area contributed by atoms with E-state index in [2.05, 4.69) is 20.5 Å². The number of aryl methyl sites for hydroxylation is 2. The summed E-state index contributed by atoms with van der Waals surface area (Å²) < 4.78 is 8.50. The van der Waals surface area contributed by atoms with Crippen LogP contribution >= 0.6 is 0 Å². The van der Waals surface area contributed by atoms with Gasteiger partial charge in [0.2, 0.25) is 5.95 Å². The molecule has 0 saturated carbocycles. The Bertz CT molecular complexity index is 1530. The third-order valence-corrected chi connectivity index (χ3v) is 5.57. The van der Waals surface area contributed by atoms with E-state index in [1.165, 1.54) is 16.2 Å². The molecule has 0 aliphatic rings. The molecule has 2 heterocycles. The number of nitrogens with zero attached hydrogens (tertiary/aromatic N) is 4. The number of anilines is 1. The van der Waals surface area contributed by atoms with Crippen LogP contribution in [0.4, 0.5) is 5.95 Å². The number of fused-ring (bicyclic) bond motifs is 1. The van der Waals surface area contributed by atoms with E-state index < -0.39 is 17.4 Å². The summed E-state index contributed by atoms with van der Waals surface area (Å²) in [6.07, 6.45) is 2.79. The number of imidazole rings is 1. The number of hydrogen-bond acceptors (Lipinski definition) is 7. The Morgan fingerprint density at radius 1 is 1.19 bits per heavy atom. The average molecular weight is 489 g/mol. The lowest BCUT2D eigenvalue weighted by Crippen LogP contribution is -2.30. The maximum absolute atomic E-state index is 12.7. The lowest BCUT2D eigenvalue weighted by molar-refractivity contribution is 0.0935. The number of para-hydroxylation sites is 1. The van der Waals surface area contributed by atoms with Crippen LogP contribution < -0.4 is 21.4 Å². The van der Waals surface area contributed by atoms with Gasteiger partial charge in [-0.3, -0.25) is 14.3 Å². The van der Waals surface area contributed by atoms with Gasteiger partial charge in [0.25, 0.3) is 5.56 Å². The number of aliphatic hydroxyl groups is 1. The molecule has 3 N–H and O–H groups in total. The fraction of sp³-hybridized carbons (Fsp3) is 0.231. The van der Waals surface area contributed by atoms with Crippen LogP contribution in [0.1, 0.15) is 18.1 Å². The van der Waals surface area contributed by atoms with E-state index >= 15 is 0 Å². The van der Waals surface area contributed by atoms with E-state index in [-0.39, 0.29) is 30.3 Å². The molecule has 4 rings (SSSR count). The smallest absolute Gasteiger partial charge is 0.329 e. The quantitative estimate of drug-likeness (QED) is 0.246. The summed E-state index contributed by atoms with van der Waals surface area (Å²) >= 11 is 0. The van der Waals surface area contributed by atoms with Gasteiger partial charge in [0.15, 0.2) is 11.2 Å². The molecule has 0 amide bonds. The molecule has 1 atom stereocenters. The van der Waals surface area contributed by atoms with Crippen LogP contribution in [0.5, 0.6) is 5.75 Å². The minimum Gasteiger partial charge on any atom is -0.491 e. The second-order valence-corrected chi connectivity index (χ2v) is 8.38. The molecule has 0 aliphatic heterocycles. The summed E-state index contributed by atoms with van der Waals surface area (Å²) in [6, 6.07) is 17.3. The van der Waals surface area contributed by atoms with E-state index in [1.54, 1.807) is 0 Å². The molecule has 10 nitrogen and oxygen atoms in total. The van der Waals surface area contributed by atoms with Gasteiger partial charge in [0.05, 0.1) is 12.3 Å². The number of aromatic amines is 1. The Balaban J connectivity index is 1.61. The van der Waals surface area contributed by atoms with Gasteiger partial charge >= 0.3 is 5.69 Å². The fourth-order valence-electron chi connectivity index (χ4n) is 3.62. The third-order valence-electron chi connectivity index (χ3n) is 5.57. The molecule has 0 fully saturated rings. The van der Waals surface area contributed by atoms with Crippen molar-refractivity contribution in [3.63, 3.8) is 0 Å². The number of nitrogens with one attached hydrogen (secondary N) is 2. The minimum atomic E-state index is -0.970. The predicted molar refractivity (Wildman–Crippen MR) is 140 cm³/mol. The van der Waals surface area contributed by atoms with Crippen LogP contribution in [0, 0.1) is 6.92 Å². The molecule has 0 saturated heterocycles. The number of hydrogen-bond donors (Lipinski definition) is 3. The number of aliphatic hydroxyl groups excluding tert-OH is 1. The third kappa shape index (κ3) is 5.61. The normalized spacial score (nSPS) is 12.8. The number of hydrazone groups is 1. The van der Waals surface area contributed by atoms with Crippen molar-refractivity contribution in [2.45, 2.75) is 26.5 Å². The Labute approximate surface area is 207 Å². The van der Waals surface area contributed by atoms with Crippen LogP contribution in [0.3, 0.4) is 0 Å². The van der Waals surface area contributed by atoms with E-state index in [1.807, 2.05) is 80.6 Å². The van der Waals surface area contributed by atoms with Gasteiger partial charge in [0, 0.05) is 7.05 Å². The van der Waals surface area contributed by atoms with Crippen molar-refractivity contribution in [2.24, 2.45) is 12.1 Å². The maximum Gasteiger partial charge on any atom is 0.329 e. The molecular weight excluding hydrogens is 460 g/mol. The number of benzene rings is 2. The van der Waals surface area contributed by atoms with Gasteiger partial charge in [0.1, 0.15) is 18.5 Å². The molecule has 0 aliphatic carbocycles. The van der Waals surface area contributed by atoms with Crippen molar-refractivity contribution in [3.8, 4) is 5.75 Å². The zero-order valence-corrected chi connectivity index (χ0v) is 20.3. The van der Waals surface area contributed by atoms with Crippen molar-refractivity contribution in [2.75, 3.05) is 12.0 Å². The van der Waals surface area contributed by atoms with Gasteiger partial charge in [-0.05, 0) is 37.1 Å². The van der Waals surface area contributed by atoms with Crippen LogP contribution in [-0.4, -0.2) is 42.6 Å². The number of rotatable bonds is 9. The maximum atomic E-state index is 12.7. The van der Waals surface area contributed by atoms with Gasteiger partial charge < -0.3 is 14.4 Å². The molecule has 4 aromatic rings. The summed E-state index contributed by atoms with van der Waals surface area (Å²) in [5, 5.41) is 15.1. The number of H-pyrrole nitrogens is 1. The molecule has 2 aromatic carbocycles. The summed E-state index contributed by atoms with van der Waals surface area (Å²) in [5.74, 6) is 0.871. The molecule has 1 unspecified atom stereocenters. The van der Waals surface area contributed by atoms with Crippen molar-refractivity contribution in [3.05, 3.63) is 92.6 Å². The Hall–Kier alpha value is -4.44. The second kappa shape index (κ2) is 10.9. The fourth-order valence-corrected chi connectivity index (χ4v) is 3.62. The van der Waals surface area contributed by atoms with Crippen molar-refractivity contribution >= 4 is 28.9 Å². The topological polar surface area (TPSA) is 127 Å². The van der Waals surface area contributed by atoms with Gasteiger partial charge in [-0.15, -0.1) is 0 Å². The molecule has 36 heavy (non-hydrogen) atoms. The first-order chi connectivity index (χ1) is 17.3. The molecule has 0 bridgehead atoms. The van der Waals surface area contributed by atoms with E-state index in [9.17, 15) is 14.7 Å². The number of aromatic nitrogens is 4. The Kier molecular flexibility index (Phi) is 7.45. The van der Waals surface area contributed by atoms with E-state index in [0.29, 0.717) is 11.5 Å². The van der Waals surface area contributed by atoms with Gasteiger partial charge in [-0.25, -0.2) is 10.2 Å². The predicted octanol–water partition coefficient (Wildman–Crippen LogP) is 2.67. The highest BCUT2D eigenvalue weighted by Gasteiger charge is 2.20. The number of ether oxygens (including phenoxy) is 1. The van der Waals surface area contributed by atoms with Crippen molar-refractivity contribution in [1.82, 2.24) is 19.1 Å². The first kappa shape index (κ1) is 24.7. The Morgan fingerprint density at radius 2 is 1.92 bits per heavy atom. The Morgan fingerprint density at radius 3 is 2.67 bits per heavy atom. The molecule has 0 radical (unpaired) electrons. The largest absolute Gasteiger partial charge is 0.491 e. The summed E-state index contributed by atoms with van der Waals surface area (Å²) in [5.41, 5.74) is 4.62. The monoisotopic (exact) mass is 488 g/mol. The minimum absolute atomic E-state index is 0.00422. The zero-order valence-electron chi connectivity index (χ0n) is 20.3. The van der Waals surface area contributed by atoms with Crippen LogP contribution in [0.25, 0.3) is 17.2 Å². The summed E-state index contributed by atoms with van der Waals surface area (Å²) in [4.78, 5) is 31.5. The van der Waals surface area contributed by atoms with E-state index in [0.717, 1.165) is 11.1 Å². The standard InChI is InChI=1S/C26H28N6O4/c1-17-9-7-8-12-21(17)36-16-20(33)15-32-22-23(31(3)26(35)28-24(22)34)27-25(32)30-29-18(2)13-14-19-10-5-4-6-11-19/h4-14,20,33H,15-16H2,1-3H3,(H,27,30)(H,28,34,35)/b14-13+,29-18-. The summed E-state index contributed by atoms with van der Waals surface area (Å²) in [7, 11) is 1.51. The lowest BCUT2D eigenvalue weighted by Gasteiger charge is -2.16.